The maximum atomic E-state index is 5.26. The molecule has 1 aromatic heterocycles. The molecule has 2 rings (SSSR count). The Morgan fingerprint density at radius 2 is 2.17 bits per heavy atom. The Bertz CT molecular complexity index is 610. The molecule has 23 heavy (non-hydrogen) atoms. The Balaban J connectivity index is 1.97. The topological polar surface area (TPSA) is 36.9 Å². The predicted molar refractivity (Wildman–Crippen MR) is 98.5 cm³/mol. The number of rotatable bonds is 7. The highest BCUT2D eigenvalue weighted by Gasteiger charge is 2.06. The molecule has 0 aliphatic heterocycles. The van der Waals surface area contributed by atoms with Crippen LogP contribution in [0.2, 0.25) is 0 Å². The van der Waals surface area contributed by atoms with Crippen LogP contribution in [0.15, 0.2) is 46.8 Å². The zero-order valence-corrected chi connectivity index (χ0v) is 14.9. The first-order chi connectivity index (χ1) is 11.2. The molecule has 5 heteroatoms. The summed E-state index contributed by atoms with van der Waals surface area (Å²) in [5, 5.41) is 5.48. The van der Waals surface area contributed by atoms with Crippen LogP contribution in [0, 0.1) is 0 Å². The van der Waals surface area contributed by atoms with E-state index < -0.39 is 0 Å². The molecule has 0 saturated carbocycles. The standard InChI is InChI=1S/C18H25N3OS/c1-4-19-18(21(2)11-10-17-9-6-12-23-17)20-14-15-7-5-8-16(13-15)22-3/h5-9,12-13H,4,10-11,14H2,1-3H3,(H,19,20). The van der Waals surface area contributed by atoms with E-state index in [1.54, 1.807) is 18.4 Å². The maximum Gasteiger partial charge on any atom is 0.193 e. The molecule has 4 nitrogen and oxygen atoms in total. The van der Waals surface area contributed by atoms with Gasteiger partial charge in [-0.15, -0.1) is 11.3 Å². The molecule has 0 aliphatic carbocycles. The number of thiophene rings is 1. The van der Waals surface area contributed by atoms with Crippen molar-refractivity contribution in [3.05, 3.63) is 52.2 Å². The molecule has 0 amide bonds. The lowest BCUT2D eigenvalue weighted by molar-refractivity contribution is 0.414. The van der Waals surface area contributed by atoms with Crippen molar-refractivity contribution in [2.75, 3.05) is 27.2 Å². The summed E-state index contributed by atoms with van der Waals surface area (Å²) in [5.41, 5.74) is 1.14. The van der Waals surface area contributed by atoms with E-state index in [4.69, 9.17) is 9.73 Å². The molecule has 124 valence electrons. The Morgan fingerprint density at radius 1 is 1.30 bits per heavy atom. The van der Waals surface area contributed by atoms with Crippen molar-refractivity contribution in [3.63, 3.8) is 0 Å². The predicted octanol–water partition coefficient (Wildman–Crippen LogP) is 3.40. The third-order valence-corrected chi connectivity index (χ3v) is 4.45. The molecule has 0 bridgehead atoms. The molecule has 1 aromatic carbocycles. The minimum absolute atomic E-state index is 0.642. The Morgan fingerprint density at radius 3 is 2.87 bits per heavy atom. The van der Waals surface area contributed by atoms with Gasteiger partial charge in [-0.25, -0.2) is 4.99 Å². The van der Waals surface area contributed by atoms with Gasteiger partial charge in [0.05, 0.1) is 13.7 Å². The lowest BCUT2D eigenvalue weighted by atomic mass is 10.2. The van der Waals surface area contributed by atoms with Crippen molar-refractivity contribution < 1.29 is 4.74 Å². The van der Waals surface area contributed by atoms with Gasteiger partial charge in [0.2, 0.25) is 0 Å². The normalized spacial score (nSPS) is 11.3. The van der Waals surface area contributed by atoms with Crippen molar-refractivity contribution in [3.8, 4) is 5.75 Å². The number of methoxy groups -OCH3 is 1. The zero-order chi connectivity index (χ0) is 16.5. The summed E-state index contributed by atoms with van der Waals surface area (Å²) in [7, 11) is 3.77. The average molecular weight is 331 g/mol. The molecule has 0 radical (unpaired) electrons. The summed E-state index contributed by atoms with van der Waals surface area (Å²) in [6, 6.07) is 12.3. The van der Waals surface area contributed by atoms with Crippen LogP contribution in [-0.2, 0) is 13.0 Å². The highest BCUT2D eigenvalue weighted by molar-refractivity contribution is 7.09. The number of likely N-dealkylation sites (N-methyl/N-ethyl adjacent to an activating group) is 1. The third-order valence-electron chi connectivity index (χ3n) is 3.52. The summed E-state index contributed by atoms with van der Waals surface area (Å²) < 4.78 is 5.26. The Hall–Kier alpha value is -2.01. The first-order valence-electron chi connectivity index (χ1n) is 7.87. The second kappa shape index (κ2) is 9.20. The second-order valence-electron chi connectivity index (χ2n) is 5.27. The lowest BCUT2D eigenvalue weighted by Gasteiger charge is -2.21. The van der Waals surface area contributed by atoms with Gasteiger partial charge in [-0.3, -0.25) is 0 Å². The minimum atomic E-state index is 0.642. The van der Waals surface area contributed by atoms with E-state index in [0.717, 1.165) is 36.8 Å². The zero-order valence-electron chi connectivity index (χ0n) is 14.1. The number of hydrogen-bond acceptors (Lipinski definition) is 3. The van der Waals surface area contributed by atoms with Gasteiger partial charge in [-0.2, -0.15) is 0 Å². The SMILES string of the molecule is CCNC(=NCc1cccc(OC)c1)N(C)CCc1cccs1. The fourth-order valence-corrected chi connectivity index (χ4v) is 2.94. The summed E-state index contributed by atoms with van der Waals surface area (Å²) in [6.07, 6.45) is 1.04. The van der Waals surface area contributed by atoms with Gasteiger partial charge in [-0.1, -0.05) is 18.2 Å². The number of hydrogen-bond donors (Lipinski definition) is 1. The number of benzene rings is 1. The minimum Gasteiger partial charge on any atom is -0.497 e. The van der Waals surface area contributed by atoms with Crippen molar-refractivity contribution in [1.29, 1.82) is 0 Å². The average Bonchev–Trinajstić information content (AvgIpc) is 3.10. The molecular weight excluding hydrogens is 306 g/mol. The lowest BCUT2D eigenvalue weighted by Crippen LogP contribution is -2.39. The van der Waals surface area contributed by atoms with Crippen molar-refractivity contribution in [1.82, 2.24) is 10.2 Å². The van der Waals surface area contributed by atoms with Gasteiger partial charge in [-0.05, 0) is 42.5 Å². The molecular formula is C18H25N3OS. The summed E-state index contributed by atoms with van der Waals surface area (Å²) in [6.45, 7) is 4.54. The molecule has 1 N–H and O–H groups in total. The molecule has 0 spiro atoms. The fourth-order valence-electron chi connectivity index (χ4n) is 2.25. The first kappa shape index (κ1) is 17.3. The fraction of sp³-hybridized carbons (Fsp3) is 0.389. The van der Waals surface area contributed by atoms with E-state index in [9.17, 15) is 0 Å². The Labute approximate surface area is 142 Å². The van der Waals surface area contributed by atoms with Crippen LogP contribution >= 0.6 is 11.3 Å². The monoisotopic (exact) mass is 331 g/mol. The van der Waals surface area contributed by atoms with Crippen molar-refractivity contribution in [2.45, 2.75) is 19.9 Å². The van der Waals surface area contributed by atoms with Crippen LogP contribution in [0.1, 0.15) is 17.4 Å². The van der Waals surface area contributed by atoms with Crippen molar-refractivity contribution >= 4 is 17.3 Å². The highest BCUT2D eigenvalue weighted by atomic mass is 32.1. The first-order valence-corrected chi connectivity index (χ1v) is 8.75. The number of ether oxygens (including phenoxy) is 1. The number of aliphatic imine (C=N–C) groups is 1. The molecule has 1 heterocycles. The largest absolute Gasteiger partial charge is 0.497 e. The van der Waals surface area contributed by atoms with Crippen LogP contribution in [-0.4, -0.2) is 38.1 Å². The van der Waals surface area contributed by atoms with Crippen LogP contribution in [0.4, 0.5) is 0 Å². The Kier molecular flexibility index (Phi) is 6.94. The van der Waals surface area contributed by atoms with Gasteiger partial charge in [0.25, 0.3) is 0 Å². The van der Waals surface area contributed by atoms with E-state index in [1.807, 2.05) is 18.2 Å². The molecule has 0 fully saturated rings. The summed E-state index contributed by atoms with van der Waals surface area (Å²) in [4.78, 5) is 8.33. The molecule has 0 saturated heterocycles. The third kappa shape index (κ3) is 5.60. The smallest absolute Gasteiger partial charge is 0.193 e. The van der Waals surface area contributed by atoms with Gasteiger partial charge in [0.1, 0.15) is 5.75 Å². The van der Waals surface area contributed by atoms with E-state index in [-0.39, 0.29) is 0 Å². The highest BCUT2D eigenvalue weighted by Crippen LogP contribution is 2.13. The van der Waals surface area contributed by atoms with E-state index >= 15 is 0 Å². The van der Waals surface area contributed by atoms with Crippen molar-refractivity contribution in [2.24, 2.45) is 4.99 Å². The molecule has 0 atom stereocenters. The van der Waals surface area contributed by atoms with Gasteiger partial charge >= 0.3 is 0 Å². The molecule has 2 aromatic rings. The van der Waals surface area contributed by atoms with E-state index in [0.29, 0.717) is 6.54 Å². The van der Waals surface area contributed by atoms with E-state index in [1.165, 1.54) is 4.88 Å². The molecule has 0 unspecified atom stereocenters. The molecule has 0 aliphatic rings. The number of nitrogens with zero attached hydrogens (tertiary/aromatic N) is 2. The van der Waals surface area contributed by atoms with Crippen LogP contribution < -0.4 is 10.1 Å². The van der Waals surface area contributed by atoms with Gasteiger partial charge in [0, 0.05) is 25.0 Å². The summed E-state index contributed by atoms with van der Waals surface area (Å²) in [5.74, 6) is 1.81. The maximum absolute atomic E-state index is 5.26. The quantitative estimate of drug-likeness (QED) is 0.624. The van der Waals surface area contributed by atoms with Crippen LogP contribution in [0.5, 0.6) is 5.75 Å². The van der Waals surface area contributed by atoms with E-state index in [2.05, 4.69) is 47.8 Å². The summed E-state index contributed by atoms with van der Waals surface area (Å²) >= 11 is 1.80. The number of nitrogens with one attached hydrogen (secondary N) is 1. The van der Waals surface area contributed by atoms with Crippen LogP contribution in [0.25, 0.3) is 0 Å². The van der Waals surface area contributed by atoms with Gasteiger partial charge in [0.15, 0.2) is 5.96 Å². The van der Waals surface area contributed by atoms with Crippen LogP contribution in [0.3, 0.4) is 0 Å². The number of guanidine groups is 1. The second-order valence-corrected chi connectivity index (χ2v) is 6.30. The van der Waals surface area contributed by atoms with Gasteiger partial charge < -0.3 is 15.0 Å².